The SMILES string of the molecule is CC1(C)CC(Nc2c(N)ccc(F)c2F)CC(C)(C)C1. The maximum Gasteiger partial charge on any atom is 0.183 e. The third kappa shape index (κ3) is 3.22. The maximum absolute atomic E-state index is 13.9. The number of benzene rings is 1. The van der Waals surface area contributed by atoms with Gasteiger partial charge in [-0.05, 0) is 42.2 Å². The molecule has 1 fully saturated rings. The first-order valence-corrected chi connectivity index (χ1v) is 7.10. The van der Waals surface area contributed by atoms with Crippen molar-refractivity contribution < 1.29 is 8.78 Å². The zero-order valence-corrected chi connectivity index (χ0v) is 12.7. The topological polar surface area (TPSA) is 38.0 Å². The number of nitrogen functional groups attached to an aromatic ring is 1. The molecule has 112 valence electrons. The van der Waals surface area contributed by atoms with Gasteiger partial charge in [-0.1, -0.05) is 27.7 Å². The van der Waals surface area contributed by atoms with Gasteiger partial charge in [-0.15, -0.1) is 0 Å². The number of hydrogen-bond donors (Lipinski definition) is 2. The molecule has 0 radical (unpaired) electrons. The van der Waals surface area contributed by atoms with Crippen LogP contribution >= 0.6 is 0 Å². The third-order valence-electron chi connectivity index (χ3n) is 4.03. The molecule has 1 aromatic rings. The van der Waals surface area contributed by atoms with Crippen molar-refractivity contribution in [2.45, 2.75) is 53.0 Å². The molecule has 0 bridgehead atoms. The summed E-state index contributed by atoms with van der Waals surface area (Å²) in [7, 11) is 0. The molecular formula is C16H24F2N2. The molecule has 0 atom stereocenters. The van der Waals surface area contributed by atoms with Crippen molar-refractivity contribution in [3.05, 3.63) is 23.8 Å². The normalized spacial score (nSPS) is 21.7. The maximum atomic E-state index is 13.9. The highest BCUT2D eigenvalue weighted by molar-refractivity contribution is 5.67. The van der Waals surface area contributed by atoms with Gasteiger partial charge in [0.05, 0.1) is 11.4 Å². The molecule has 1 aliphatic carbocycles. The van der Waals surface area contributed by atoms with E-state index in [1.54, 1.807) is 0 Å². The summed E-state index contributed by atoms with van der Waals surface area (Å²) in [5.74, 6) is -1.75. The second-order valence-electron chi connectivity index (χ2n) is 7.58. The lowest BCUT2D eigenvalue weighted by Crippen LogP contribution is -2.40. The van der Waals surface area contributed by atoms with E-state index < -0.39 is 11.6 Å². The largest absolute Gasteiger partial charge is 0.397 e. The van der Waals surface area contributed by atoms with Crippen LogP contribution in [0.3, 0.4) is 0 Å². The Morgan fingerprint density at radius 1 is 1.10 bits per heavy atom. The molecule has 0 spiro atoms. The number of nitrogens with one attached hydrogen (secondary N) is 1. The van der Waals surface area contributed by atoms with Gasteiger partial charge in [0.15, 0.2) is 11.6 Å². The Morgan fingerprint density at radius 2 is 1.65 bits per heavy atom. The Balaban J connectivity index is 2.24. The second-order valence-corrected chi connectivity index (χ2v) is 7.58. The quantitative estimate of drug-likeness (QED) is 0.780. The van der Waals surface area contributed by atoms with Gasteiger partial charge in [-0.2, -0.15) is 0 Å². The molecule has 2 rings (SSSR count). The number of halogens is 2. The van der Waals surface area contributed by atoms with E-state index in [1.165, 1.54) is 6.07 Å². The Morgan fingerprint density at radius 3 is 2.20 bits per heavy atom. The fourth-order valence-corrected chi connectivity index (χ4v) is 3.86. The molecule has 1 aliphatic rings. The molecule has 1 saturated carbocycles. The lowest BCUT2D eigenvalue weighted by atomic mass is 9.63. The number of hydrogen-bond acceptors (Lipinski definition) is 2. The van der Waals surface area contributed by atoms with Crippen LogP contribution in [0.5, 0.6) is 0 Å². The van der Waals surface area contributed by atoms with E-state index in [9.17, 15) is 8.78 Å². The average Bonchev–Trinajstić information content (AvgIpc) is 2.25. The first-order chi connectivity index (χ1) is 9.10. The van der Waals surface area contributed by atoms with Crippen LogP contribution < -0.4 is 11.1 Å². The van der Waals surface area contributed by atoms with E-state index in [0.717, 1.165) is 25.3 Å². The molecule has 0 aromatic heterocycles. The van der Waals surface area contributed by atoms with Gasteiger partial charge in [0.25, 0.3) is 0 Å². The van der Waals surface area contributed by atoms with Crippen LogP contribution in [0.4, 0.5) is 20.2 Å². The van der Waals surface area contributed by atoms with Crippen molar-refractivity contribution >= 4 is 11.4 Å². The molecule has 1 aromatic carbocycles. The number of nitrogens with two attached hydrogens (primary N) is 1. The Bertz CT molecular complexity index is 493. The average molecular weight is 282 g/mol. The minimum atomic E-state index is -0.883. The first-order valence-electron chi connectivity index (χ1n) is 7.10. The number of anilines is 2. The fraction of sp³-hybridized carbons (Fsp3) is 0.625. The van der Waals surface area contributed by atoms with Gasteiger partial charge in [0.1, 0.15) is 0 Å². The summed E-state index contributed by atoms with van der Waals surface area (Å²) < 4.78 is 27.2. The lowest BCUT2D eigenvalue weighted by molar-refractivity contribution is 0.105. The van der Waals surface area contributed by atoms with Crippen molar-refractivity contribution in [2.75, 3.05) is 11.1 Å². The van der Waals surface area contributed by atoms with Crippen LogP contribution in [-0.2, 0) is 0 Å². The van der Waals surface area contributed by atoms with Crippen LogP contribution in [0, 0.1) is 22.5 Å². The first kappa shape index (κ1) is 15.1. The Labute approximate surface area is 119 Å². The van der Waals surface area contributed by atoms with Crippen molar-refractivity contribution in [3.8, 4) is 0 Å². The standard InChI is InChI=1S/C16H24F2N2/c1-15(2)7-10(8-16(3,4)9-15)20-14-12(19)6-5-11(17)13(14)18/h5-6,10,20H,7-9,19H2,1-4H3. The molecule has 3 N–H and O–H groups in total. The molecule has 2 nitrogen and oxygen atoms in total. The number of rotatable bonds is 2. The molecule has 0 amide bonds. The van der Waals surface area contributed by atoms with Gasteiger partial charge in [-0.3, -0.25) is 0 Å². The van der Waals surface area contributed by atoms with Crippen molar-refractivity contribution in [1.82, 2.24) is 0 Å². The minimum absolute atomic E-state index is 0.100. The summed E-state index contributed by atoms with van der Waals surface area (Å²) in [6.07, 6.45) is 2.97. The lowest BCUT2D eigenvalue weighted by Gasteiger charge is -2.45. The summed E-state index contributed by atoms with van der Waals surface area (Å²) in [4.78, 5) is 0. The molecule has 4 heteroatoms. The molecule has 0 aliphatic heterocycles. The summed E-state index contributed by atoms with van der Waals surface area (Å²) in [5, 5.41) is 3.13. The summed E-state index contributed by atoms with van der Waals surface area (Å²) in [6.45, 7) is 8.86. The molecule has 0 heterocycles. The monoisotopic (exact) mass is 282 g/mol. The summed E-state index contributed by atoms with van der Waals surface area (Å²) in [6, 6.07) is 2.57. The van der Waals surface area contributed by atoms with E-state index >= 15 is 0 Å². The van der Waals surface area contributed by atoms with E-state index in [4.69, 9.17) is 5.73 Å². The molecular weight excluding hydrogens is 258 g/mol. The summed E-state index contributed by atoms with van der Waals surface area (Å²) >= 11 is 0. The predicted molar refractivity (Wildman–Crippen MR) is 79.6 cm³/mol. The Kier molecular flexibility index (Phi) is 3.69. The van der Waals surface area contributed by atoms with E-state index in [0.29, 0.717) is 0 Å². The van der Waals surface area contributed by atoms with Crippen molar-refractivity contribution in [3.63, 3.8) is 0 Å². The van der Waals surface area contributed by atoms with Crippen molar-refractivity contribution in [2.24, 2.45) is 10.8 Å². The highest BCUT2D eigenvalue weighted by Crippen LogP contribution is 2.46. The van der Waals surface area contributed by atoms with Crippen LogP contribution in [0.2, 0.25) is 0 Å². The highest BCUT2D eigenvalue weighted by Gasteiger charge is 2.38. The smallest absolute Gasteiger partial charge is 0.183 e. The van der Waals surface area contributed by atoms with Gasteiger partial charge >= 0.3 is 0 Å². The van der Waals surface area contributed by atoms with Gasteiger partial charge in [-0.25, -0.2) is 8.78 Å². The zero-order chi connectivity index (χ0) is 15.1. The van der Waals surface area contributed by atoms with Crippen LogP contribution in [0.25, 0.3) is 0 Å². The van der Waals surface area contributed by atoms with Crippen LogP contribution in [-0.4, -0.2) is 6.04 Å². The van der Waals surface area contributed by atoms with E-state index in [2.05, 4.69) is 33.0 Å². The minimum Gasteiger partial charge on any atom is -0.397 e. The second kappa shape index (κ2) is 4.90. The van der Waals surface area contributed by atoms with Crippen molar-refractivity contribution in [1.29, 1.82) is 0 Å². The van der Waals surface area contributed by atoms with Crippen LogP contribution in [0.15, 0.2) is 12.1 Å². The van der Waals surface area contributed by atoms with Gasteiger partial charge in [0, 0.05) is 6.04 Å². The Hall–Kier alpha value is -1.32. The van der Waals surface area contributed by atoms with Crippen LogP contribution in [0.1, 0.15) is 47.0 Å². The van der Waals surface area contributed by atoms with E-state index in [-0.39, 0.29) is 28.2 Å². The molecule has 0 unspecified atom stereocenters. The van der Waals surface area contributed by atoms with E-state index in [1.807, 2.05) is 0 Å². The molecule has 0 saturated heterocycles. The third-order valence-corrected chi connectivity index (χ3v) is 4.03. The predicted octanol–water partition coefficient (Wildman–Crippen LogP) is 4.56. The van der Waals surface area contributed by atoms with Gasteiger partial charge in [0.2, 0.25) is 0 Å². The zero-order valence-electron chi connectivity index (χ0n) is 12.7. The highest BCUT2D eigenvalue weighted by atomic mass is 19.2. The fourth-order valence-electron chi connectivity index (χ4n) is 3.86. The molecule has 20 heavy (non-hydrogen) atoms. The van der Waals surface area contributed by atoms with Gasteiger partial charge < -0.3 is 11.1 Å². The summed E-state index contributed by atoms with van der Waals surface area (Å²) in [5.41, 5.74) is 6.49.